The molecule has 0 fully saturated rings. The first kappa shape index (κ1) is 14.0. The van der Waals surface area contributed by atoms with Crippen molar-refractivity contribution < 1.29 is 0 Å². The third kappa shape index (κ3) is 2.96. The summed E-state index contributed by atoms with van der Waals surface area (Å²) in [4.78, 5) is 0. The van der Waals surface area contributed by atoms with Crippen molar-refractivity contribution >= 4 is 68.4 Å². The van der Waals surface area contributed by atoms with Gasteiger partial charge in [0.1, 0.15) is 0 Å². The fourth-order valence-corrected chi connectivity index (χ4v) is 4.04. The van der Waals surface area contributed by atoms with E-state index < -0.39 is 0 Å². The van der Waals surface area contributed by atoms with Crippen molar-refractivity contribution in [3.63, 3.8) is 0 Å². The van der Waals surface area contributed by atoms with E-state index in [4.69, 9.17) is 0 Å². The standard InChI is InChI=1S/C20H6S3/c1-2-4-18-16(10-13-21-18)5-8-20-17(11-14-23-20)6-7-19-15(3-1)9-12-22-19/h9-14H. The van der Waals surface area contributed by atoms with Crippen molar-refractivity contribution in [3.05, 3.63) is 75.1 Å². The molecule has 3 heteroatoms. The van der Waals surface area contributed by atoms with Gasteiger partial charge in [0.15, 0.2) is 0 Å². The fraction of sp³-hybridized carbons (Fsp3) is 0. The smallest absolute Gasteiger partial charge is 0.0935 e. The Bertz CT molecular complexity index is 1380. The molecule has 104 valence electrons. The predicted molar refractivity (Wildman–Crippen MR) is 98.2 cm³/mol. The maximum atomic E-state index is 3.23. The average Bonchev–Trinajstić information content (AvgIpc) is 3.28. The second-order valence-corrected chi connectivity index (χ2v) is 7.24. The summed E-state index contributed by atoms with van der Waals surface area (Å²) in [5.41, 5.74) is 24.9. The third-order valence-corrected chi connectivity index (χ3v) is 5.54. The minimum absolute atomic E-state index is 0.933. The molecule has 1 aliphatic carbocycles. The van der Waals surface area contributed by atoms with Crippen molar-refractivity contribution in [2.45, 2.75) is 0 Å². The highest BCUT2D eigenvalue weighted by Gasteiger charge is 1.86. The Hall–Kier alpha value is -2.66. The molecule has 23 heavy (non-hydrogen) atoms. The lowest BCUT2D eigenvalue weighted by molar-refractivity contribution is 1.73. The molecule has 3 heterocycles. The minimum Gasteiger partial charge on any atom is -0.134 e. The average molecular weight is 342 g/mol. The van der Waals surface area contributed by atoms with Gasteiger partial charge in [0.05, 0.1) is 29.3 Å². The van der Waals surface area contributed by atoms with Crippen LogP contribution in [0.15, 0.2) is 45.8 Å². The number of fused-ring (bicyclic) bond motifs is 3. The highest BCUT2D eigenvalue weighted by molar-refractivity contribution is 7.08. The summed E-state index contributed by atoms with van der Waals surface area (Å²) in [6, 6.07) is 6.00. The molecule has 0 aromatic carbocycles. The Morgan fingerprint density at radius 1 is 0.478 bits per heavy atom. The Balaban J connectivity index is 2.51. The number of rotatable bonds is 0. The zero-order valence-corrected chi connectivity index (χ0v) is 14.1. The van der Waals surface area contributed by atoms with Gasteiger partial charge in [-0.15, -0.1) is 34.0 Å². The number of hydrogen-bond acceptors (Lipinski definition) is 3. The molecule has 4 rings (SSSR count). The van der Waals surface area contributed by atoms with Gasteiger partial charge >= 0.3 is 0 Å². The second-order valence-electron chi connectivity index (χ2n) is 4.49. The van der Waals surface area contributed by atoms with Crippen molar-refractivity contribution in [2.24, 2.45) is 0 Å². The Morgan fingerprint density at radius 2 is 0.913 bits per heavy atom. The van der Waals surface area contributed by atoms with Crippen LogP contribution in [0.25, 0.3) is 34.4 Å². The van der Waals surface area contributed by atoms with E-state index in [0.717, 1.165) is 29.3 Å². The van der Waals surface area contributed by atoms with E-state index in [1.54, 1.807) is 34.0 Å². The van der Waals surface area contributed by atoms with E-state index in [2.05, 4.69) is 45.8 Å². The lowest BCUT2D eigenvalue weighted by atomic mass is 10.4. The van der Waals surface area contributed by atoms with Crippen LogP contribution in [-0.4, -0.2) is 0 Å². The molecule has 3 aromatic heterocycles. The minimum atomic E-state index is 0.933. The van der Waals surface area contributed by atoms with Crippen molar-refractivity contribution in [2.75, 3.05) is 0 Å². The quantitative estimate of drug-likeness (QED) is 0.409. The highest BCUT2D eigenvalue weighted by atomic mass is 32.1. The molecule has 0 atom stereocenters. The van der Waals surface area contributed by atoms with E-state index in [-0.39, 0.29) is 0 Å². The lowest BCUT2D eigenvalue weighted by Crippen LogP contribution is -2.17. The van der Waals surface area contributed by atoms with Crippen LogP contribution < -0.4 is 29.3 Å². The zero-order valence-electron chi connectivity index (χ0n) is 11.7. The molecule has 0 N–H and O–H groups in total. The van der Waals surface area contributed by atoms with Crippen molar-refractivity contribution in [1.82, 2.24) is 0 Å². The molecule has 0 spiro atoms. The molecule has 0 radical (unpaired) electrons. The molecule has 0 bridgehead atoms. The highest BCUT2D eigenvalue weighted by Crippen LogP contribution is 1.81. The monoisotopic (exact) mass is 342 g/mol. The topological polar surface area (TPSA) is 0 Å². The molecular weight excluding hydrogens is 336 g/mol. The van der Waals surface area contributed by atoms with Crippen LogP contribution in [0, 0.1) is 0 Å². The molecule has 0 saturated heterocycles. The van der Waals surface area contributed by atoms with E-state index >= 15 is 0 Å². The van der Waals surface area contributed by atoms with Gasteiger partial charge in [-0.1, -0.05) is 17.2 Å². The van der Waals surface area contributed by atoms with E-state index in [9.17, 15) is 0 Å². The van der Waals surface area contributed by atoms with E-state index in [1.165, 1.54) is 0 Å². The molecule has 0 nitrogen and oxygen atoms in total. The van der Waals surface area contributed by atoms with Gasteiger partial charge in [-0.3, -0.25) is 0 Å². The summed E-state index contributed by atoms with van der Waals surface area (Å²) in [5, 5.41) is 8.88. The molecule has 1 aliphatic rings. The Morgan fingerprint density at radius 3 is 1.48 bits per heavy atom. The molecule has 0 saturated carbocycles. The molecular formula is C20H6S3. The fourth-order valence-electron chi connectivity index (χ4n) is 1.95. The lowest BCUT2D eigenvalue weighted by Gasteiger charge is -1.68. The summed E-state index contributed by atoms with van der Waals surface area (Å²) in [6.45, 7) is 0. The predicted octanol–water partition coefficient (Wildman–Crippen LogP) is 0.540. The zero-order chi connectivity index (χ0) is 15.5. The van der Waals surface area contributed by atoms with Crippen LogP contribution in [0.1, 0.15) is 0 Å². The van der Waals surface area contributed by atoms with Gasteiger partial charge in [-0.2, -0.15) is 0 Å². The van der Waals surface area contributed by atoms with Crippen molar-refractivity contribution in [1.29, 1.82) is 0 Å². The van der Waals surface area contributed by atoms with Crippen LogP contribution in [0.2, 0.25) is 0 Å². The number of hydrogen-bond donors (Lipinski definition) is 0. The molecule has 0 amide bonds. The summed E-state index contributed by atoms with van der Waals surface area (Å²) in [6.07, 6.45) is 0. The molecule has 0 unspecified atom stereocenters. The largest absolute Gasteiger partial charge is 0.134 e. The maximum Gasteiger partial charge on any atom is 0.0935 e. The third-order valence-electron chi connectivity index (χ3n) is 3.05. The number of thiophene rings is 3. The van der Waals surface area contributed by atoms with Crippen LogP contribution in [0.5, 0.6) is 0 Å². The second kappa shape index (κ2) is 6.22. The first-order valence-corrected chi connectivity index (χ1v) is 9.32. The van der Waals surface area contributed by atoms with Gasteiger partial charge in [-0.05, 0) is 63.0 Å². The maximum absolute atomic E-state index is 3.23. The van der Waals surface area contributed by atoms with Crippen LogP contribution in [0.3, 0.4) is 0 Å². The Labute approximate surface area is 143 Å². The molecule has 0 aliphatic heterocycles. The van der Waals surface area contributed by atoms with Crippen LogP contribution in [-0.2, 0) is 0 Å². The van der Waals surface area contributed by atoms with E-state index in [0.29, 0.717) is 0 Å². The van der Waals surface area contributed by atoms with Gasteiger partial charge in [-0.25, -0.2) is 0 Å². The van der Waals surface area contributed by atoms with Crippen molar-refractivity contribution in [3.8, 4) is 0 Å². The van der Waals surface area contributed by atoms with Crippen LogP contribution in [0.4, 0.5) is 0 Å². The van der Waals surface area contributed by atoms with E-state index in [1.807, 2.05) is 34.3 Å². The molecule has 3 aromatic rings. The van der Waals surface area contributed by atoms with Gasteiger partial charge in [0.25, 0.3) is 0 Å². The van der Waals surface area contributed by atoms with Crippen LogP contribution >= 0.6 is 34.0 Å². The SMILES string of the molecule is C1=C=C=c2sccc2=C=C=c2sccc2=C=C=c2sccc2=C=1. The first-order chi connectivity index (χ1) is 11.4. The van der Waals surface area contributed by atoms with Gasteiger partial charge in [0.2, 0.25) is 0 Å². The summed E-state index contributed by atoms with van der Waals surface area (Å²) < 4.78 is 2.92. The summed E-state index contributed by atoms with van der Waals surface area (Å²) >= 11 is 4.80. The summed E-state index contributed by atoms with van der Waals surface area (Å²) in [5.74, 6) is 0. The Kier molecular flexibility index (Phi) is 3.78. The first-order valence-electron chi connectivity index (χ1n) is 6.69. The van der Waals surface area contributed by atoms with Gasteiger partial charge in [0, 0.05) is 0 Å². The summed E-state index contributed by atoms with van der Waals surface area (Å²) in [7, 11) is 0. The van der Waals surface area contributed by atoms with Gasteiger partial charge < -0.3 is 0 Å². The normalized spacial score (nSPS) is 10.6.